The Hall–Kier alpha value is -1.22. The van der Waals surface area contributed by atoms with E-state index in [2.05, 4.69) is 23.1 Å². The van der Waals surface area contributed by atoms with Crippen molar-refractivity contribution in [2.24, 2.45) is 0 Å². The number of aromatic nitrogens is 2. The minimum atomic E-state index is 0.463. The van der Waals surface area contributed by atoms with Gasteiger partial charge in [-0.15, -0.1) is 0 Å². The lowest BCUT2D eigenvalue weighted by molar-refractivity contribution is 1.11. The van der Waals surface area contributed by atoms with Gasteiger partial charge in [-0.1, -0.05) is 19.2 Å². The molecule has 0 aromatic carbocycles. The number of hydrogen-bond acceptors (Lipinski definition) is 2. The second-order valence-electron chi connectivity index (χ2n) is 1.95. The van der Waals surface area contributed by atoms with Crippen LogP contribution in [-0.2, 0) is 0 Å². The van der Waals surface area contributed by atoms with Gasteiger partial charge in [-0.3, -0.25) is 0 Å². The molecule has 0 saturated heterocycles. The maximum Gasteiger partial charge on any atom is 0.197 e. The van der Waals surface area contributed by atoms with Gasteiger partial charge in [0.05, 0.1) is 5.69 Å². The summed E-state index contributed by atoms with van der Waals surface area (Å²) < 4.78 is 0.463. The average molecular weight is 164 g/mol. The molecule has 0 radical (unpaired) electrons. The highest BCUT2D eigenvalue weighted by molar-refractivity contribution is 7.71. The van der Waals surface area contributed by atoms with E-state index in [9.17, 15) is 0 Å². The third-order valence-electron chi connectivity index (χ3n) is 1.28. The van der Waals surface area contributed by atoms with Crippen molar-refractivity contribution >= 4 is 24.4 Å². The van der Waals surface area contributed by atoms with Crippen molar-refractivity contribution in [1.29, 1.82) is 0 Å². The zero-order valence-corrected chi connectivity index (χ0v) is 6.82. The van der Waals surface area contributed by atoms with Crippen LogP contribution in [-0.4, -0.2) is 9.97 Å². The van der Waals surface area contributed by atoms with Crippen LogP contribution in [0.4, 0.5) is 0 Å². The van der Waals surface area contributed by atoms with Gasteiger partial charge in [0, 0.05) is 11.8 Å². The van der Waals surface area contributed by atoms with E-state index in [0.29, 0.717) is 4.77 Å². The van der Waals surface area contributed by atoms with Crippen molar-refractivity contribution in [3.8, 4) is 0 Å². The van der Waals surface area contributed by atoms with Gasteiger partial charge in [0.25, 0.3) is 0 Å². The zero-order valence-electron chi connectivity index (χ0n) is 6.00. The Kier molecular flexibility index (Phi) is 2.33. The third-order valence-corrected chi connectivity index (χ3v) is 1.49. The molecule has 0 spiro atoms. The first kappa shape index (κ1) is 7.88. The smallest absolute Gasteiger partial charge is 0.197 e. The molecule has 0 aliphatic rings. The number of aromatic amines is 1. The summed E-state index contributed by atoms with van der Waals surface area (Å²) in [6, 6.07) is 0. The number of rotatable bonds is 2. The van der Waals surface area contributed by atoms with Crippen LogP contribution < -0.4 is 0 Å². The summed E-state index contributed by atoms with van der Waals surface area (Å²) >= 11 is 4.82. The fourth-order valence-electron chi connectivity index (χ4n) is 0.747. The van der Waals surface area contributed by atoms with Gasteiger partial charge in [-0.05, 0) is 18.3 Å². The largest absolute Gasteiger partial charge is 0.337 e. The van der Waals surface area contributed by atoms with Crippen LogP contribution in [0.15, 0.2) is 19.4 Å². The second-order valence-corrected chi connectivity index (χ2v) is 2.34. The summed E-state index contributed by atoms with van der Waals surface area (Å²) in [5.74, 6) is 0. The van der Waals surface area contributed by atoms with Crippen molar-refractivity contribution in [3.05, 3.63) is 35.4 Å². The van der Waals surface area contributed by atoms with Crippen molar-refractivity contribution in [2.75, 3.05) is 0 Å². The minimum absolute atomic E-state index is 0.463. The zero-order chi connectivity index (χ0) is 8.27. The van der Waals surface area contributed by atoms with Crippen LogP contribution in [0.1, 0.15) is 11.3 Å². The van der Waals surface area contributed by atoms with E-state index >= 15 is 0 Å². The molecule has 1 aromatic heterocycles. The Morgan fingerprint density at radius 1 is 1.45 bits per heavy atom. The van der Waals surface area contributed by atoms with E-state index in [4.69, 9.17) is 12.2 Å². The number of nitrogens with one attached hydrogen (secondary N) is 1. The van der Waals surface area contributed by atoms with E-state index in [1.54, 1.807) is 18.3 Å². The standard InChI is InChI=1S/C8H8N2S/c1-3-6-5-9-8(11)10-7(6)4-2/h3-5H,1-2H2,(H,9,10,11). The maximum atomic E-state index is 4.82. The molecule has 2 nitrogen and oxygen atoms in total. The normalized spacial score (nSPS) is 9.09. The summed E-state index contributed by atoms with van der Waals surface area (Å²) in [4.78, 5) is 6.84. The molecule has 0 fully saturated rings. The van der Waals surface area contributed by atoms with Gasteiger partial charge in [0.15, 0.2) is 4.77 Å². The summed E-state index contributed by atoms with van der Waals surface area (Å²) in [6.07, 6.45) is 5.12. The lowest BCUT2D eigenvalue weighted by atomic mass is 10.2. The highest BCUT2D eigenvalue weighted by Crippen LogP contribution is 2.05. The Morgan fingerprint density at radius 3 is 2.73 bits per heavy atom. The van der Waals surface area contributed by atoms with Crippen molar-refractivity contribution in [1.82, 2.24) is 9.97 Å². The molecular formula is C8H8N2S. The van der Waals surface area contributed by atoms with Crippen LogP contribution >= 0.6 is 12.2 Å². The SMILES string of the molecule is C=Cc1c[nH]c(=S)nc1C=C. The molecule has 11 heavy (non-hydrogen) atoms. The van der Waals surface area contributed by atoms with E-state index in [1.165, 1.54) is 0 Å². The highest BCUT2D eigenvalue weighted by Gasteiger charge is 1.93. The predicted octanol–water partition coefficient (Wildman–Crippen LogP) is 2.43. The molecule has 1 rings (SSSR count). The van der Waals surface area contributed by atoms with Gasteiger partial charge in [-0.25, -0.2) is 4.98 Å². The summed E-state index contributed by atoms with van der Waals surface area (Å²) in [5, 5.41) is 0. The van der Waals surface area contributed by atoms with Gasteiger partial charge in [-0.2, -0.15) is 0 Å². The molecule has 0 unspecified atom stereocenters. The van der Waals surface area contributed by atoms with E-state index in [0.717, 1.165) is 11.3 Å². The maximum absolute atomic E-state index is 4.82. The van der Waals surface area contributed by atoms with Crippen LogP contribution in [0.25, 0.3) is 12.2 Å². The summed E-state index contributed by atoms with van der Waals surface area (Å²) in [7, 11) is 0. The average Bonchev–Trinajstić information content (AvgIpc) is 2.04. The Labute approximate surface area is 70.3 Å². The number of nitrogens with zero attached hydrogens (tertiary/aromatic N) is 1. The second kappa shape index (κ2) is 3.25. The lowest BCUT2D eigenvalue weighted by Gasteiger charge is -1.96. The first-order valence-electron chi connectivity index (χ1n) is 3.12. The van der Waals surface area contributed by atoms with E-state index in [1.807, 2.05) is 0 Å². The molecule has 0 amide bonds. The first-order valence-corrected chi connectivity index (χ1v) is 3.53. The Balaban J connectivity index is 3.38. The molecule has 0 saturated carbocycles. The van der Waals surface area contributed by atoms with Crippen LogP contribution in [0.2, 0.25) is 0 Å². The van der Waals surface area contributed by atoms with Crippen LogP contribution in [0, 0.1) is 4.77 Å². The van der Waals surface area contributed by atoms with E-state index < -0.39 is 0 Å². The molecule has 0 atom stereocenters. The quantitative estimate of drug-likeness (QED) is 0.680. The third kappa shape index (κ3) is 1.62. The summed E-state index contributed by atoms with van der Waals surface area (Å²) in [6.45, 7) is 7.24. The molecule has 0 aliphatic carbocycles. The van der Waals surface area contributed by atoms with Crippen molar-refractivity contribution < 1.29 is 0 Å². The fourth-order valence-corrected chi connectivity index (χ4v) is 0.904. The Bertz CT molecular complexity index is 338. The Morgan fingerprint density at radius 2 is 2.18 bits per heavy atom. The van der Waals surface area contributed by atoms with Crippen molar-refractivity contribution in [3.63, 3.8) is 0 Å². The number of hydrogen-bond donors (Lipinski definition) is 1. The molecule has 0 aliphatic heterocycles. The molecule has 1 aromatic rings. The molecule has 1 heterocycles. The fraction of sp³-hybridized carbons (Fsp3) is 0. The first-order chi connectivity index (χ1) is 5.27. The molecule has 1 N–H and O–H groups in total. The molecule has 3 heteroatoms. The monoisotopic (exact) mass is 164 g/mol. The topological polar surface area (TPSA) is 28.7 Å². The minimum Gasteiger partial charge on any atom is -0.337 e. The predicted molar refractivity (Wildman–Crippen MR) is 49.6 cm³/mol. The van der Waals surface area contributed by atoms with Crippen LogP contribution in [0.3, 0.4) is 0 Å². The van der Waals surface area contributed by atoms with E-state index in [-0.39, 0.29) is 0 Å². The highest BCUT2D eigenvalue weighted by atomic mass is 32.1. The van der Waals surface area contributed by atoms with Gasteiger partial charge < -0.3 is 4.98 Å². The van der Waals surface area contributed by atoms with Gasteiger partial charge >= 0.3 is 0 Å². The lowest BCUT2D eigenvalue weighted by Crippen LogP contribution is -1.88. The van der Waals surface area contributed by atoms with Gasteiger partial charge in [0.2, 0.25) is 0 Å². The molecular weight excluding hydrogens is 156 g/mol. The van der Waals surface area contributed by atoms with Crippen LogP contribution in [0.5, 0.6) is 0 Å². The number of H-pyrrole nitrogens is 1. The van der Waals surface area contributed by atoms with Crippen molar-refractivity contribution in [2.45, 2.75) is 0 Å². The molecule has 56 valence electrons. The summed E-state index contributed by atoms with van der Waals surface area (Å²) in [5.41, 5.74) is 1.68. The molecule has 0 bridgehead atoms. The van der Waals surface area contributed by atoms with Gasteiger partial charge in [0.1, 0.15) is 0 Å².